The van der Waals surface area contributed by atoms with Gasteiger partial charge in [0.2, 0.25) is 0 Å². The van der Waals surface area contributed by atoms with Crippen molar-refractivity contribution < 1.29 is 19.7 Å². The molecule has 0 fully saturated rings. The summed E-state index contributed by atoms with van der Waals surface area (Å²) in [5.41, 5.74) is 1.13. The zero-order valence-corrected chi connectivity index (χ0v) is 10.6. The molecule has 2 rings (SSSR count). The number of anilines is 1. The fraction of sp³-hybridized carbons (Fsp3) is 0.417. The molecule has 2 unspecified atom stereocenters. The number of hydrogen-bond donors (Lipinski definition) is 4. The van der Waals surface area contributed by atoms with Crippen LogP contribution >= 0.6 is 12.6 Å². The number of carbonyl (C=O) groups excluding carboxylic acids is 1. The van der Waals surface area contributed by atoms with Gasteiger partial charge in [-0.05, 0) is 29.9 Å². The lowest BCUT2D eigenvalue weighted by Crippen LogP contribution is -2.26. The normalized spacial score (nSPS) is 17.4. The number of rotatable bonds is 4. The van der Waals surface area contributed by atoms with E-state index in [4.69, 9.17) is 4.74 Å². The first kappa shape index (κ1) is 13.2. The van der Waals surface area contributed by atoms with Crippen LogP contribution < -0.4 is 10.1 Å². The highest BCUT2D eigenvalue weighted by atomic mass is 32.1. The van der Waals surface area contributed by atoms with Gasteiger partial charge in [-0.25, -0.2) is 0 Å². The van der Waals surface area contributed by atoms with E-state index < -0.39 is 12.2 Å². The van der Waals surface area contributed by atoms with E-state index in [2.05, 4.69) is 17.9 Å². The second-order valence-corrected chi connectivity index (χ2v) is 4.56. The first-order chi connectivity index (χ1) is 8.61. The number of hydrogen-bond acceptors (Lipinski definition) is 5. The number of amides is 1. The third-order valence-electron chi connectivity index (χ3n) is 2.77. The second-order valence-electron chi connectivity index (χ2n) is 4.12. The number of thiol groups is 1. The summed E-state index contributed by atoms with van der Waals surface area (Å²) in [4.78, 5) is 11.1. The molecule has 98 valence electrons. The predicted molar refractivity (Wildman–Crippen MR) is 70.0 cm³/mol. The Balaban J connectivity index is 2.18. The van der Waals surface area contributed by atoms with Gasteiger partial charge in [0.25, 0.3) is 5.91 Å². The largest absolute Gasteiger partial charge is 0.482 e. The molecular weight excluding hydrogens is 254 g/mol. The third kappa shape index (κ3) is 2.77. The molecule has 1 heterocycles. The molecule has 0 radical (unpaired) electrons. The SMILES string of the molecule is O=C1COc2cc(C(O)C(O)CCS)ccc2N1. The summed E-state index contributed by atoms with van der Waals surface area (Å²) in [6, 6.07) is 4.93. The number of fused-ring (bicyclic) bond motifs is 1. The Morgan fingerprint density at radius 3 is 2.94 bits per heavy atom. The van der Waals surface area contributed by atoms with Crippen molar-refractivity contribution in [3.63, 3.8) is 0 Å². The maximum Gasteiger partial charge on any atom is 0.262 e. The van der Waals surface area contributed by atoms with Crippen molar-refractivity contribution in [3.05, 3.63) is 23.8 Å². The summed E-state index contributed by atoms with van der Waals surface area (Å²) in [5, 5.41) is 22.3. The van der Waals surface area contributed by atoms with Crippen LogP contribution in [0.2, 0.25) is 0 Å². The lowest BCUT2D eigenvalue weighted by molar-refractivity contribution is -0.118. The van der Waals surface area contributed by atoms with Gasteiger partial charge in [-0.15, -0.1) is 0 Å². The summed E-state index contributed by atoms with van der Waals surface area (Å²) in [5.74, 6) is 0.797. The maximum absolute atomic E-state index is 11.1. The molecule has 0 saturated carbocycles. The van der Waals surface area contributed by atoms with Gasteiger partial charge in [-0.2, -0.15) is 12.6 Å². The van der Waals surface area contributed by atoms with E-state index >= 15 is 0 Å². The van der Waals surface area contributed by atoms with Crippen LogP contribution in [0.5, 0.6) is 5.75 Å². The molecule has 1 aromatic carbocycles. The van der Waals surface area contributed by atoms with Crippen LogP contribution in [0, 0.1) is 0 Å². The van der Waals surface area contributed by atoms with Crippen LogP contribution in [0.4, 0.5) is 5.69 Å². The fourth-order valence-corrected chi connectivity index (χ4v) is 2.05. The summed E-state index contributed by atoms with van der Waals surface area (Å²) < 4.78 is 5.25. The summed E-state index contributed by atoms with van der Waals surface area (Å²) in [6.07, 6.45) is -1.44. The average molecular weight is 269 g/mol. The van der Waals surface area contributed by atoms with Crippen LogP contribution in [0.25, 0.3) is 0 Å². The molecule has 1 aliphatic heterocycles. The molecule has 0 spiro atoms. The van der Waals surface area contributed by atoms with Crippen molar-refractivity contribution >= 4 is 24.2 Å². The minimum Gasteiger partial charge on any atom is -0.482 e. The van der Waals surface area contributed by atoms with E-state index in [-0.39, 0.29) is 12.5 Å². The zero-order valence-electron chi connectivity index (χ0n) is 9.67. The molecule has 1 amide bonds. The highest BCUT2D eigenvalue weighted by molar-refractivity contribution is 7.80. The van der Waals surface area contributed by atoms with E-state index in [1.807, 2.05) is 0 Å². The number of aliphatic hydroxyl groups excluding tert-OH is 2. The lowest BCUT2D eigenvalue weighted by atomic mass is 10.0. The van der Waals surface area contributed by atoms with E-state index in [0.29, 0.717) is 29.2 Å². The molecule has 3 N–H and O–H groups in total. The topological polar surface area (TPSA) is 78.8 Å². The van der Waals surface area contributed by atoms with Crippen molar-refractivity contribution in [2.45, 2.75) is 18.6 Å². The van der Waals surface area contributed by atoms with Crippen molar-refractivity contribution in [2.24, 2.45) is 0 Å². The van der Waals surface area contributed by atoms with E-state index in [1.165, 1.54) is 0 Å². The molecular formula is C12H15NO4S. The monoisotopic (exact) mass is 269 g/mol. The van der Waals surface area contributed by atoms with E-state index in [0.717, 1.165) is 0 Å². The van der Waals surface area contributed by atoms with Gasteiger partial charge >= 0.3 is 0 Å². The summed E-state index contributed by atoms with van der Waals surface area (Å²) in [6.45, 7) is -0.0360. The molecule has 5 nitrogen and oxygen atoms in total. The number of carbonyl (C=O) groups is 1. The Hall–Kier alpha value is -1.24. The molecule has 0 bridgehead atoms. The molecule has 0 aliphatic carbocycles. The lowest BCUT2D eigenvalue weighted by Gasteiger charge is -2.22. The first-order valence-corrected chi connectivity index (χ1v) is 6.28. The molecule has 6 heteroatoms. The molecule has 0 saturated heterocycles. The van der Waals surface area contributed by atoms with Gasteiger partial charge in [-0.1, -0.05) is 6.07 Å². The average Bonchev–Trinajstić information content (AvgIpc) is 2.37. The van der Waals surface area contributed by atoms with E-state index in [1.54, 1.807) is 18.2 Å². The Morgan fingerprint density at radius 2 is 2.22 bits per heavy atom. The van der Waals surface area contributed by atoms with Gasteiger partial charge in [0, 0.05) is 0 Å². The zero-order chi connectivity index (χ0) is 13.1. The van der Waals surface area contributed by atoms with Crippen molar-refractivity contribution in [3.8, 4) is 5.75 Å². The molecule has 18 heavy (non-hydrogen) atoms. The fourth-order valence-electron chi connectivity index (χ4n) is 1.79. The highest BCUT2D eigenvalue weighted by Gasteiger charge is 2.21. The van der Waals surface area contributed by atoms with Crippen LogP contribution in [0.3, 0.4) is 0 Å². The van der Waals surface area contributed by atoms with Gasteiger partial charge in [0.1, 0.15) is 11.9 Å². The van der Waals surface area contributed by atoms with Crippen molar-refractivity contribution in [1.82, 2.24) is 0 Å². The van der Waals surface area contributed by atoms with Gasteiger partial charge < -0.3 is 20.3 Å². The second kappa shape index (κ2) is 5.60. The van der Waals surface area contributed by atoms with Crippen molar-refractivity contribution in [1.29, 1.82) is 0 Å². The minimum atomic E-state index is -0.983. The van der Waals surface area contributed by atoms with Crippen LogP contribution in [-0.2, 0) is 4.79 Å². The number of ether oxygens (including phenoxy) is 1. The van der Waals surface area contributed by atoms with Gasteiger partial charge in [0.05, 0.1) is 11.8 Å². The van der Waals surface area contributed by atoms with Gasteiger partial charge in [0.15, 0.2) is 6.61 Å². The van der Waals surface area contributed by atoms with E-state index in [9.17, 15) is 15.0 Å². The minimum absolute atomic E-state index is 0.0360. The quantitative estimate of drug-likeness (QED) is 0.608. The first-order valence-electron chi connectivity index (χ1n) is 5.65. The Kier molecular flexibility index (Phi) is 4.11. The Bertz CT molecular complexity index is 452. The van der Waals surface area contributed by atoms with Crippen LogP contribution in [-0.4, -0.2) is 34.6 Å². The highest BCUT2D eigenvalue weighted by Crippen LogP contribution is 2.31. The third-order valence-corrected chi connectivity index (χ3v) is 3.03. The van der Waals surface area contributed by atoms with Gasteiger partial charge in [-0.3, -0.25) is 4.79 Å². The Labute approximate surface area is 110 Å². The predicted octanol–water partition coefficient (Wildman–Crippen LogP) is 0.732. The molecule has 0 aromatic heterocycles. The molecule has 1 aliphatic rings. The standard InChI is InChI=1S/C12H15NO4S/c14-9(3-4-18)12(16)7-1-2-8-10(5-7)17-6-11(15)13-8/h1-2,5,9,12,14,16,18H,3-4,6H2,(H,13,15). The van der Waals surface area contributed by atoms with Crippen LogP contribution in [0.15, 0.2) is 18.2 Å². The Morgan fingerprint density at radius 1 is 1.44 bits per heavy atom. The maximum atomic E-state index is 11.1. The summed E-state index contributed by atoms with van der Waals surface area (Å²) in [7, 11) is 0. The number of benzene rings is 1. The van der Waals surface area contributed by atoms with Crippen LogP contribution in [0.1, 0.15) is 18.1 Å². The number of aliphatic hydroxyl groups is 2. The smallest absolute Gasteiger partial charge is 0.262 e. The molecule has 1 aromatic rings. The number of nitrogens with one attached hydrogen (secondary N) is 1. The summed E-state index contributed by atoms with van der Waals surface area (Å²) >= 11 is 4.01. The van der Waals surface area contributed by atoms with Crippen molar-refractivity contribution in [2.75, 3.05) is 17.7 Å². The molecule has 2 atom stereocenters.